The van der Waals surface area contributed by atoms with E-state index in [1.807, 2.05) is 31.2 Å². The van der Waals surface area contributed by atoms with Crippen LogP contribution in [-0.2, 0) is 21.4 Å². The van der Waals surface area contributed by atoms with Crippen molar-refractivity contribution in [2.75, 3.05) is 13.1 Å². The molecule has 28 heavy (non-hydrogen) atoms. The van der Waals surface area contributed by atoms with Crippen LogP contribution in [0.25, 0.3) is 0 Å². The van der Waals surface area contributed by atoms with Gasteiger partial charge < -0.3 is 4.74 Å². The lowest BCUT2D eigenvalue weighted by Gasteiger charge is -2.21. The molecule has 1 heterocycles. The minimum absolute atomic E-state index is 0.0409. The molecule has 7 heteroatoms. The summed E-state index contributed by atoms with van der Waals surface area (Å²) >= 11 is 6.18. The van der Waals surface area contributed by atoms with Crippen LogP contribution in [0, 0.1) is 6.92 Å². The number of hydrogen-bond donors (Lipinski definition) is 0. The van der Waals surface area contributed by atoms with Crippen LogP contribution in [-0.4, -0.2) is 31.8 Å². The highest BCUT2D eigenvalue weighted by Crippen LogP contribution is 2.28. The van der Waals surface area contributed by atoms with E-state index in [0.717, 1.165) is 36.8 Å². The summed E-state index contributed by atoms with van der Waals surface area (Å²) < 4.78 is 32.9. The van der Waals surface area contributed by atoms with Gasteiger partial charge in [0.05, 0.1) is 10.6 Å². The molecule has 0 spiro atoms. The lowest BCUT2D eigenvalue weighted by Crippen LogP contribution is -2.32. The first-order valence-electron chi connectivity index (χ1n) is 9.40. The average Bonchev–Trinajstić information content (AvgIpc) is 2.97. The number of ether oxygens (including phenoxy) is 1. The van der Waals surface area contributed by atoms with Crippen molar-refractivity contribution in [1.82, 2.24) is 4.31 Å². The SMILES string of the molecule is Cc1ccc(COC(=O)c2ccc(Cl)c(S(=O)(=O)N3CCCCCC3)c2)cc1. The fraction of sp³-hybridized carbons (Fsp3) is 0.381. The third-order valence-corrected chi connectivity index (χ3v) is 7.22. The van der Waals surface area contributed by atoms with Gasteiger partial charge in [0.2, 0.25) is 10.0 Å². The molecule has 150 valence electrons. The zero-order chi connectivity index (χ0) is 20.1. The van der Waals surface area contributed by atoms with Crippen molar-refractivity contribution >= 4 is 27.6 Å². The number of esters is 1. The number of hydrogen-bond acceptors (Lipinski definition) is 4. The molecule has 2 aromatic rings. The minimum Gasteiger partial charge on any atom is -0.457 e. The topological polar surface area (TPSA) is 63.7 Å². The van der Waals surface area contributed by atoms with Crippen molar-refractivity contribution < 1.29 is 17.9 Å². The number of carbonyl (C=O) groups excluding carboxylic acids is 1. The van der Waals surface area contributed by atoms with Crippen LogP contribution in [0.4, 0.5) is 0 Å². The maximum Gasteiger partial charge on any atom is 0.338 e. The summed E-state index contributed by atoms with van der Waals surface area (Å²) in [5, 5.41) is 0.110. The Kier molecular flexibility index (Phi) is 6.75. The van der Waals surface area contributed by atoms with E-state index >= 15 is 0 Å². The van der Waals surface area contributed by atoms with E-state index in [9.17, 15) is 13.2 Å². The second-order valence-electron chi connectivity index (χ2n) is 7.03. The van der Waals surface area contributed by atoms with Gasteiger partial charge in [0.1, 0.15) is 11.5 Å². The maximum atomic E-state index is 13.0. The molecule has 2 aromatic carbocycles. The van der Waals surface area contributed by atoms with E-state index in [4.69, 9.17) is 16.3 Å². The molecule has 1 aliphatic heterocycles. The number of aryl methyl sites for hydroxylation is 1. The van der Waals surface area contributed by atoms with E-state index in [-0.39, 0.29) is 22.1 Å². The fourth-order valence-corrected chi connectivity index (χ4v) is 5.18. The summed E-state index contributed by atoms with van der Waals surface area (Å²) in [5.41, 5.74) is 2.16. The summed E-state index contributed by atoms with van der Waals surface area (Å²) in [7, 11) is -3.75. The number of sulfonamides is 1. The predicted molar refractivity (Wildman–Crippen MR) is 109 cm³/mol. The van der Waals surface area contributed by atoms with Gasteiger partial charge >= 0.3 is 5.97 Å². The Hall–Kier alpha value is -1.89. The van der Waals surface area contributed by atoms with Gasteiger partial charge in [0, 0.05) is 13.1 Å². The van der Waals surface area contributed by atoms with Crippen molar-refractivity contribution in [3.63, 3.8) is 0 Å². The Morgan fingerprint density at radius 2 is 1.68 bits per heavy atom. The first-order valence-corrected chi connectivity index (χ1v) is 11.2. The van der Waals surface area contributed by atoms with Gasteiger partial charge in [-0.05, 0) is 43.5 Å². The summed E-state index contributed by atoms with van der Waals surface area (Å²) in [6, 6.07) is 11.9. The maximum absolute atomic E-state index is 13.0. The van der Waals surface area contributed by atoms with Crippen molar-refractivity contribution in [1.29, 1.82) is 0 Å². The molecule has 0 aliphatic carbocycles. The van der Waals surface area contributed by atoms with E-state index < -0.39 is 16.0 Å². The van der Waals surface area contributed by atoms with Crippen LogP contribution in [0.5, 0.6) is 0 Å². The molecule has 0 saturated carbocycles. The molecule has 1 aliphatic rings. The Morgan fingerprint density at radius 3 is 2.32 bits per heavy atom. The number of rotatable bonds is 5. The second kappa shape index (κ2) is 9.07. The van der Waals surface area contributed by atoms with Gasteiger partial charge in [0.15, 0.2) is 0 Å². The van der Waals surface area contributed by atoms with Crippen molar-refractivity contribution in [3.8, 4) is 0 Å². The molecule has 5 nitrogen and oxygen atoms in total. The molecule has 0 radical (unpaired) electrons. The zero-order valence-corrected chi connectivity index (χ0v) is 17.4. The highest BCUT2D eigenvalue weighted by molar-refractivity contribution is 7.89. The first-order chi connectivity index (χ1) is 13.4. The third kappa shape index (κ3) is 4.93. The lowest BCUT2D eigenvalue weighted by atomic mass is 10.2. The van der Waals surface area contributed by atoms with Crippen LogP contribution in [0.3, 0.4) is 0 Å². The highest BCUT2D eigenvalue weighted by atomic mass is 35.5. The summed E-state index contributed by atoms with van der Waals surface area (Å²) in [5.74, 6) is -0.579. The number of benzene rings is 2. The Morgan fingerprint density at radius 1 is 1.04 bits per heavy atom. The van der Waals surface area contributed by atoms with E-state index in [2.05, 4.69) is 0 Å². The monoisotopic (exact) mass is 421 g/mol. The zero-order valence-electron chi connectivity index (χ0n) is 15.9. The average molecular weight is 422 g/mol. The molecular formula is C21H24ClNO4S. The Balaban J connectivity index is 1.78. The molecule has 0 N–H and O–H groups in total. The molecule has 1 fully saturated rings. The molecule has 0 aromatic heterocycles. The molecule has 1 saturated heterocycles. The van der Waals surface area contributed by atoms with Crippen LogP contribution < -0.4 is 0 Å². The summed E-state index contributed by atoms with van der Waals surface area (Å²) in [4.78, 5) is 12.4. The normalized spacial score (nSPS) is 15.8. The highest BCUT2D eigenvalue weighted by Gasteiger charge is 2.28. The molecule has 3 rings (SSSR count). The Bertz CT molecular complexity index is 933. The largest absolute Gasteiger partial charge is 0.457 e. The van der Waals surface area contributed by atoms with Gasteiger partial charge in [0.25, 0.3) is 0 Å². The minimum atomic E-state index is -3.75. The quantitative estimate of drug-likeness (QED) is 0.663. The van der Waals surface area contributed by atoms with Gasteiger partial charge in [-0.25, -0.2) is 13.2 Å². The summed E-state index contributed by atoms with van der Waals surface area (Å²) in [6.45, 7) is 3.05. The third-order valence-electron chi connectivity index (χ3n) is 4.84. The number of carbonyl (C=O) groups is 1. The first kappa shape index (κ1) is 20.8. The number of nitrogens with zero attached hydrogens (tertiary/aromatic N) is 1. The van der Waals surface area contributed by atoms with Gasteiger partial charge in [-0.2, -0.15) is 4.31 Å². The summed E-state index contributed by atoms with van der Waals surface area (Å²) in [6.07, 6.45) is 3.69. The van der Waals surface area contributed by atoms with E-state index in [1.54, 1.807) is 0 Å². The lowest BCUT2D eigenvalue weighted by molar-refractivity contribution is 0.0472. The molecule has 0 atom stereocenters. The van der Waals surface area contributed by atoms with E-state index in [0.29, 0.717) is 13.1 Å². The van der Waals surface area contributed by atoms with Crippen LogP contribution in [0.15, 0.2) is 47.4 Å². The molecular weight excluding hydrogens is 398 g/mol. The van der Waals surface area contributed by atoms with Crippen molar-refractivity contribution in [3.05, 3.63) is 64.2 Å². The predicted octanol–water partition coefficient (Wildman–Crippen LogP) is 4.57. The molecule has 0 bridgehead atoms. The fourth-order valence-electron chi connectivity index (χ4n) is 3.17. The van der Waals surface area contributed by atoms with Crippen LogP contribution in [0.1, 0.15) is 47.2 Å². The van der Waals surface area contributed by atoms with Gasteiger partial charge in [-0.1, -0.05) is 54.3 Å². The standard InChI is InChI=1S/C21H24ClNO4S/c1-16-6-8-17(9-7-16)15-27-21(24)18-10-11-19(22)20(14-18)28(25,26)23-12-4-2-3-5-13-23/h6-11,14H,2-5,12-13,15H2,1H3. The van der Waals surface area contributed by atoms with Gasteiger partial charge in [-0.3, -0.25) is 0 Å². The number of halogens is 1. The van der Waals surface area contributed by atoms with Crippen molar-refractivity contribution in [2.24, 2.45) is 0 Å². The smallest absolute Gasteiger partial charge is 0.338 e. The van der Waals surface area contributed by atoms with Crippen LogP contribution >= 0.6 is 11.6 Å². The Labute approximate surface area is 171 Å². The van der Waals surface area contributed by atoms with E-state index in [1.165, 1.54) is 22.5 Å². The molecule has 0 unspecified atom stereocenters. The van der Waals surface area contributed by atoms with Gasteiger partial charge in [-0.15, -0.1) is 0 Å². The van der Waals surface area contributed by atoms with Crippen molar-refractivity contribution in [2.45, 2.75) is 44.1 Å². The second-order valence-corrected chi connectivity index (χ2v) is 9.34. The van der Waals surface area contributed by atoms with Crippen LogP contribution in [0.2, 0.25) is 5.02 Å². The molecule has 0 amide bonds.